The Bertz CT molecular complexity index is 200. The summed E-state index contributed by atoms with van der Waals surface area (Å²) in [5.41, 5.74) is 0. The first-order valence-electron chi connectivity index (χ1n) is 6.76. The lowest BCUT2D eigenvalue weighted by atomic mass is 9.94. The van der Waals surface area contributed by atoms with Gasteiger partial charge in [0, 0.05) is 19.5 Å². The number of amides is 1. The Morgan fingerprint density at radius 3 is 2.56 bits per heavy atom. The fourth-order valence-electron chi connectivity index (χ4n) is 2.27. The second-order valence-corrected chi connectivity index (χ2v) is 4.72. The van der Waals surface area contributed by atoms with Gasteiger partial charge in [0.1, 0.15) is 0 Å². The summed E-state index contributed by atoms with van der Waals surface area (Å²) in [6, 6.07) is 0. The monoisotopic (exact) mass is 226 g/mol. The molecule has 0 aromatic heterocycles. The molecule has 1 rings (SSSR count). The second-order valence-electron chi connectivity index (χ2n) is 4.72. The van der Waals surface area contributed by atoms with E-state index in [1.165, 1.54) is 0 Å². The van der Waals surface area contributed by atoms with Crippen LogP contribution in [0.25, 0.3) is 0 Å². The Kier molecular flexibility index (Phi) is 6.46. The summed E-state index contributed by atoms with van der Waals surface area (Å²) in [6.45, 7) is 8.22. The van der Waals surface area contributed by atoms with Crippen molar-refractivity contribution in [3.05, 3.63) is 0 Å². The molecule has 16 heavy (non-hydrogen) atoms. The molecule has 0 bridgehead atoms. The Morgan fingerprint density at radius 2 is 2.00 bits per heavy atom. The maximum atomic E-state index is 12.1. The number of carbonyl (C=O) groups is 1. The van der Waals surface area contributed by atoms with E-state index in [1.54, 1.807) is 0 Å². The van der Waals surface area contributed by atoms with Crippen molar-refractivity contribution in [2.24, 2.45) is 5.92 Å². The molecule has 94 valence electrons. The van der Waals surface area contributed by atoms with Gasteiger partial charge in [0.05, 0.1) is 0 Å². The molecule has 0 saturated carbocycles. The number of piperidine rings is 1. The van der Waals surface area contributed by atoms with E-state index in [9.17, 15) is 4.79 Å². The lowest BCUT2D eigenvalue weighted by Gasteiger charge is -2.26. The highest BCUT2D eigenvalue weighted by Crippen LogP contribution is 2.17. The summed E-state index contributed by atoms with van der Waals surface area (Å²) in [6.07, 6.45) is 5.39. The molecule has 1 N–H and O–H groups in total. The van der Waals surface area contributed by atoms with Crippen LogP contribution < -0.4 is 5.32 Å². The maximum absolute atomic E-state index is 12.1. The van der Waals surface area contributed by atoms with Crippen molar-refractivity contribution < 1.29 is 4.79 Å². The zero-order valence-corrected chi connectivity index (χ0v) is 10.8. The largest absolute Gasteiger partial charge is 0.343 e. The number of nitrogens with zero attached hydrogens (tertiary/aromatic N) is 1. The fraction of sp³-hybridized carbons (Fsp3) is 0.923. The number of hydrogen-bond donors (Lipinski definition) is 1. The van der Waals surface area contributed by atoms with Crippen molar-refractivity contribution in [2.45, 2.75) is 46.0 Å². The molecule has 0 atom stereocenters. The molecule has 0 aromatic rings. The van der Waals surface area contributed by atoms with E-state index in [-0.39, 0.29) is 0 Å². The summed E-state index contributed by atoms with van der Waals surface area (Å²) in [5.74, 6) is 0.979. The molecular weight excluding hydrogens is 200 g/mol. The van der Waals surface area contributed by atoms with Crippen LogP contribution >= 0.6 is 0 Å². The van der Waals surface area contributed by atoms with Crippen LogP contribution in [0.2, 0.25) is 0 Å². The highest BCUT2D eigenvalue weighted by Gasteiger charge is 2.19. The molecule has 1 amide bonds. The van der Waals surface area contributed by atoms with Crippen LogP contribution in [0.1, 0.15) is 46.0 Å². The average molecular weight is 226 g/mol. The number of nitrogens with one attached hydrogen (secondary N) is 1. The fourth-order valence-corrected chi connectivity index (χ4v) is 2.27. The van der Waals surface area contributed by atoms with Gasteiger partial charge in [-0.15, -0.1) is 0 Å². The molecule has 3 nitrogen and oxygen atoms in total. The minimum atomic E-state index is 0.364. The second kappa shape index (κ2) is 7.66. The molecule has 3 heteroatoms. The number of unbranched alkanes of at least 4 members (excludes halogenated alkanes) is 1. The van der Waals surface area contributed by atoms with Crippen molar-refractivity contribution in [3.8, 4) is 0 Å². The van der Waals surface area contributed by atoms with E-state index in [4.69, 9.17) is 0 Å². The highest BCUT2D eigenvalue weighted by atomic mass is 16.2. The summed E-state index contributed by atoms with van der Waals surface area (Å²) in [4.78, 5) is 14.1. The molecule has 1 aliphatic rings. The quantitative estimate of drug-likeness (QED) is 0.751. The Balaban J connectivity index is 2.29. The summed E-state index contributed by atoms with van der Waals surface area (Å²) < 4.78 is 0. The third kappa shape index (κ3) is 4.52. The van der Waals surface area contributed by atoms with E-state index >= 15 is 0 Å². The molecule has 1 aliphatic heterocycles. The van der Waals surface area contributed by atoms with Gasteiger partial charge in [-0.1, -0.05) is 13.3 Å². The van der Waals surface area contributed by atoms with Crippen molar-refractivity contribution in [1.82, 2.24) is 10.2 Å². The van der Waals surface area contributed by atoms with Crippen LogP contribution in [0.3, 0.4) is 0 Å². The summed E-state index contributed by atoms with van der Waals surface area (Å²) in [5, 5.41) is 3.34. The topological polar surface area (TPSA) is 32.3 Å². The third-order valence-electron chi connectivity index (χ3n) is 3.44. The van der Waals surface area contributed by atoms with E-state index in [1.807, 2.05) is 4.90 Å². The van der Waals surface area contributed by atoms with Crippen LogP contribution in [-0.2, 0) is 4.79 Å². The Hall–Kier alpha value is -0.570. The van der Waals surface area contributed by atoms with E-state index in [2.05, 4.69) is 19.2 Å². The van der Waals surface area contributed by atoms with Crippen LogP contribution in [0.15, 0.2) is 0 Å². The zero-order valence-electron chi connectivity index (χ0n) is 10.8. The molecule has 1 fully saturated rings. The molecule has 0 unspecified atom stereocenters. The first kappa shape index (κ1) is 13.5. The zero-order chi connectivity index (χ0) is 11.8. The molecule has 1 heterocycles. The maximum Gasteiger partial charge on any atom is 0.222 e. The van der Waals surface area contributed by atoms with Gasteiger partial charge in [0.2, 0.25) is 5.91 Å². The van der Waals surface area contributed by atoms with Crippen LogP contribution in [0.5, 0.6) is 0 Å². The summed E-state index contributed by atoms with van der Waals surface area (Å²) >= 11 is 0. The SMILES string of the molecule is CCCCN(CC)C(=O)CC1CCNCC1. The van der Waals surface area contributed by atoms with E-state index in [0.717, 1.165) is 58.3 Å². The van der Waals surface area contributed by atoms with Crippen LogP contribution in [0.4, 0.5) is 0 Å². The minimum Gasteiger partial charge on any atom is -0.343 e. The van der Waals surface area contributed by atoms with E-state index < -0.39 is 0 Å². The molecule has 1 saturated heterocycles. The van der Waals surface area contributed by atoms with Crippen molar-refractivity contribution >= 4 is 5.91 Å². The van der Waals surface area contributed by atoms with Gasteiger partial charge in [0.15, 0.2) is 0 Å². The summed E-state index contributed by atoms with van der Waals surface area (Å²) in [7, 11) is 0. The predicted molar refractivity (Wildman–Crippen MR) is 67.4 cm³/mol. The number of hydrogen-bond acceptors (Lipinski definition) is 2. The Morgan fingerprint density at radius 1 is 1.31 bits per heavy atom. The highest BCUT2D eigenvalue weighted by molar-refractivity contribution is 5.76. The lowest BCUT2D eigenvalue weighted by molar-refractivity contribution is -0.132. The number of carbonyl (C=O) groups excluding carboxylic acids is 1. The average Bonchev–Trinajstić information content (AvgIpc) is 2.31. The van der Waals surface area contributed by atoms with Gasteiger partial charge >= 0.3 is 0 Å². The number of rotatable bonds is 6. The predicted octanol–water partition coefficient (Wildman–Crippen LogP) is 2.02. The molecule has 0 aliphatic carbocycles. The normalized spacial score (nSPS) is 17.4. The van der Waals surface area contributed by atoms with Crippen molar-refractivity contribution in [2.75, 3.05) is 26.2 Å². The minimum absolute atomic E-state index is 0.364. The molecule has 0 spiro atoms. The lowest BCUT2D eigenvalue weighted by Crippen LogP contribution is -2.35. The van der Waals surface area contributed by atoms with Gasteiger partial charge in [-0.05, 0) is 45.2 Å². The van der Waals surface area contributed by atoms with Gasteiger partial charge < -0.3 is 10.2 Å². The first-order chi connectivity index (χ1) is 7.77. The van der Waals surface area contributed by atoms with Crippen molar-refractivity contribution in [1.29, 1.82) is 0 Å². The smallest absolute Gasteiger partial charge is 0.222 e. The van der Waals surface area contributed by atoms with Crippen LogP contribution in [0, 0.1) is 5.92 Å². The van der Waals surface area contributed by atoms with Gasteiger partial charge in [-0.2, -0.15) is 0 Å². The molecule has 0 radical (unpaired) electrons. The van der Waals surface area contributed by atoms with Crippen LogP contribution in [-0.4, -0.2) is 37.0 Å². The Labute approximate surface area is 99.6 Å². The third-order valence-corrected chi connectivity index (χ3v) is 3.44. The first-order valence-corrected chi connectivity index (χ1v) is 6.76. The molecular formula is C13H26N2O. The van der Waals surface area contributed by atoms with Gasteiger partial charge in [-0.25, -0.2) is 0 Å². The molecule has 0 aromatic carbocycles. The van der Waals surface area contributed by atoms with Gasteiger partial charge in [-0.3, -0.25) is 4.79 Å². The van der Waals surface area contributed by atoms with Gasteiger partial charge in [0.25, 0.3) is 0 Å². The van der Waals surface area contributed by atoms with Crippen molar-refractivity contribution in [3.63, 3.8) is 0 Å². The standard InChI is InChI=1S/C13H26N2O/c1-3-5-10-15(4-2)13(16)11-12-6-8-14-9-7-12/h12,14H,3-11H2,1-2H3. The van der Waals surface area contributed by atoms with E-state index in [0.29, 0.717) is 11.8 Å².